The van der Waals surface area contributed by atoms with E-state index in [4.69, 9.17) is 4.74 Å². The summed E-state index contributed by atoms with van der Waals surface area (Å²) in [4.78, 5) is 9.14. The maximum Gasteiger partial charge on any atom is 0.119 e. The third kappa shape index (κ3) is 4.56. The molecule has 24 heavy (non-hydrogen) atoms. The Morgan fingerprint density at radius 2 is 1.96 bits per heavy atom. The first-order valence-corrected chi connectivity index (χ1v) is 8.78. The fourth-order valence-corrected chi connectivity index (χ4v) is 3.22. The van der Waals surface area contributed by atoms with Gasteiger partial charge in [0.05, 0.1) is 0 Å². The third-order valence-electron chi connectivity index (χ3n) is 4.72. The molecule has 1 aliphatic heterocycles. The lowest BCUT2D eigenvalue weighted by molar-refractivity contribution is 0.0812. The second-order valence-corrected chi connectivity index (χ2v) is 6.59. The van der Waals surface area contributed by atoms with Crippen molar-refractivity contribution >= 4 is 0 Å². The van der Waals surface area contributed by atoms with Crippen LogP contribution >= 0.6 is 0 Å². The number of hydrogen-bond donors (Lipinski definition) is 0. The molecule has 3 rings (SSSR count). The van der Waals surface area contributed by atoms with Crippen LogP contribution in [0.15, 0.2) is 48.8 Å². The summed E-state index contributed by atoms with van der Waals surface area (Å²) in [5.41, 5.74) is 2.44. The predicted molar refractivity (Wildman–Crippen MR) is 97.0 cm³/mol. The summed E-state index contributed by atoms with van der Waals surface area (Å²) < 4.78 is 5.83. The van der Waals surface area contributed by atoms with Crippen molar-refractivity contribution in [2.75, 3.05) is 26.7 Å². The van der Waals surface area contributed by atoms with Crippen LogP contribution in [0.1, 0.15) is 24.5 Å². The van der Waals surface area contributed by atoms with Gasteiger partial charge in [0.2, 0.25) is 0 Å². The molecule has 0 amide bonds. The smallest absolute Gasteiger partial charge is 0.119 e. The van der Waals surface area contributed by atoms with Gasteiger partial charge in [0.15, 0.2) is 0 Å². The van der Waals surface area contributed by atoms with E-state index in [2.05, 4.69) is 53.0 Å². The lowest BCUT2D eigenvalue weighted by Crippen LogP contribution is -2.50. The van der Waals surface area contributed by atoms with Crippen LogP contribution in [0.3, 0.4) is 0 Å². The molecule has 2 aromatic rings. The minimum atomic E-state index is 0.559. The van der Waals surface area contributed by atoms with Crippen molar-refractivity contribution in [1.29, 1.82) is 0 Å². The highest BCUT2D eigenvalue weighted by Crippen LogP contribution is 2.18. The van der Waals surface area contributed by atoms with Crippen molar-refractivity contribution in [3.05, 3.63) is 59.9 Å². The Kier molecular flexibility index (Phi) is 5.83. The summed E-state index contributed by atoms with van der Waals surface area (Å²) in [6, 6.07) is 13.1. The van der Waals surface area contributed by atoms with Crippen molar-refractivity contribution in [1.82, 2.24) is 14.8 Å². The topological polar surface area (TPSA) is 28.6 Å². The molecule has 1 fully saturated rings. The fraction of sp³-hybridized carbons (Fsp3) is 0.450. The molecule has 128 valence electrons. The largest absolute Gasteiger partial charge is 0.489 e. The van der Waals surface area contributed by atoms with Gasteiger partial charge in [0, 0.05) is 50.2 Å². The molecule has 1 aromatic carbocycles. The van der Waals surface area contributed by atoms with Crippen LogP contribution < -0.4 is 4.74 Å². The molecule has 0 saturated carbocycles. The molecule has 0 bridgehead atoms. The molecule has 1 aromatic heterocycles. The van der Waals surface area contributed by atoms with Gasteiger partial charge in [-0.2, -0.15) is 0 Å². The van der Waals surface area contributed by atoms with Gasteiger partial charge < -0.3 is 9.64 Å². The monoisotopic (exact) mass is 325 g/mol. The molecule has 1 saturated heterocycles. The Bertz CT molecular complexity index is 615. The molecule has 1 aliphatic rings. The standard InChI is InChI=1S/C20H27N3O/c1-3-19-15-22(2)11-12-23(19)14-17-6-8-20(9-7-17)24-16-18-5-4-10-21-13-18/h4-10,13,19H,3,11-12,14-16H2,1-2H3/t19-/m0/s1. The fourth-order valence-electron chi connectivity index (χ4n) is 3.22. The van der Waals surface area contributed by atoms with E-state index in [1.54, 1.807) is 6.20 Å². The van der Waals surface area contributed by atoms with E-state index in [-0.39, 0.29) is 0 Å². The van der Waals surface area contributed by atoms with E-state index < -0.39 is 0 Å². The molecule has 0 radical (unpaired) electrons. The Morgan fingerprint density at radius 3 is 2.67 bits per heavy atom. The van der Waals surface area contributed by atoms with Gasteiger partial charge in [-0.25, -0.2) is 0 Å². The minimum absolute atomic E-state index is 0.559. The van der Waals surface area contributed by atoms with E-state index in [1.807, 2.05) is 18.3 Å². The molecule has 4 heteroatoms. The maximum absolute atomic E-state index is 5.83. The molecule has 0 N–H and O–H groups in total. The van der Waals surface area contributed by atoms with E-state index in [1.165, 1.54) is 18.5 Å². The van der Waals surface area contributed by atoms with Crippen molar-refractivity contribution in [2.24, 2.45) is 0 Å². The van der Waals surface area contributed by atoms with Crippen LogP contribution in [0.5, 0.6) is 5.75 Å². The summed E-state index contributed by atoms with van der Waals surface area (Å²) in [5, 5.41) is 0. The van der Waals surface area contributed by atoms with Crippen molar-refractivity contribution in [3.8, 4) is 5.75 Å². The average Bonchev–Trinajstić information content (AvgIpc) is 2.63. The summed E-state index contributed by atoms with van der Waals surface area (Å²) in [7, 11) is 2.22. The zero-order valence-corrected chi connectivity index (χ0v) is 14.7. The van der Waals surface area contributed by atoms with Crippen LogP contribution in [0, 0.1) is 0 Å². The van der Waals surface area contributed by atoms with Gasteiger partial charge in [0.25, 0.3) is 0 Å². The Hall–Kier alpha value is -1.91. The van der Waals surface area contributed by atoms with Gasteiger partial charge in [-0.1, -0.05) is 25.1 Å². The number of benzene rings is 1. The summed E-state index contributed by atoms with van der Waals surface area (Å²) in [5.74, 6) is 0.910. The second-order valence-electron chi connectivity index (χ2n) is 6.59. The van der Waals surface area contributed by atoms with Gasteiger partial charge in [0.1, 0.15) is 12.4 Å². The maximum atomic E-state index is 5.83. The third-order valence-corrected chi connectivity index (χ3v) is 4.72. The van der Waals surface area contributed by atoms with E-state index in [0.29, 0.717) is 12.6 Å². The van der Waals surface area contributed by atoms with Crippen molar-refractivity contribution in [2.45, 2.75) is 32.5 Å². The molecule has 1 atom stereocenters. The lowest BCUT2D eigenvalue weighted by atomic mass is 10.1. The number of nitrogens with zero attached hydrogens (tertiary/aromatic N) is 3. The highest BCUT2D eigenvalue weighted by molar-refractivity contribution is 5.27. The first-order chi connectivity index (χ1) is 11.7. The molecular formula is C20H27N3O. The summed E-state index contributed by atoms with van der Waals surface area (Å²) in [6.07, 6.45) is 4.82. The van der Waals surface area contributed by atoms with Crippen LogP contribution in [0.4, 0.5) is 0 Å². The zero-order valence-electron chi connectivity index (χ0n) is 14.7. The molecular weight excluding hydrogens is 298 g/mol. The van der Waals surface area contributed by atoms with Gasteiger partial charge >= 0.3 is 0 Å². The Morgan fingerprint density at radius 1 is 1.12 bits per heavy atom. The number of pyridine rings is 1. The molecule has 0 aliphatic carbocycles. The number of ether oxygens (including phenoxy) is 1. The van der Waals surface area contributed by atoms with E-state index in [9.17, 15) is 0 Å². The normalized spacial score (nSPS) is 19.3. The number of hydrogen-bond acceptors (Lipinski definition) is 4. The summed E-state index contributed by atoms with van der Waals surface area (Å²) in [6.45, 7) is 7.34. The van der Waals surface area contributed by atoms with Crippen molar-refractivity contribution < 1.29 is 4.74 Å². The average molecular weight is 325 g/mol. The van der Waals surface area contributed by atoms with Crippen LogP contribution in [0.25, 0.3) is 0 Å². The number of rotatable bonds is 6. The van der Waals surface area contributed by atoms with Gasteiger partial charge in [-0.05, 0) is 37.2 Å². The number of likely N-dealkylation sites (N-methyl/N-ethyl adjacent to an activating group) is 1. The quantitative estimate of drug-likeness (QED) is 0.815. The van der Waals surface area contributed by atoms with Gasteiger partial charge in [-0.3, -0.25) is 9.88 Å². The first kappa shape index (κ1) is 16.9. The summed E-state index contributed by atoms with van der Waals surface area (Å²) >= 11 is 0. The molecule has 0 spiro atoms. The van der Waals surface area contributed by atoms with Crippen LogP contribution in [0.2, 0.25) is 0 Å². The van der Waals surface area contributed by atoms with Crippen molar-refractivity contribution in [3.63, 3.8) is 0 Å². The lowest BCUT2D eigenvalue weighted by Gasteiger charge is -2.39. The number of piperazine rings is 1. The van der Waals surface area contributed by atoms with Crippen LogP contribution in [-0.4, -0.2) is 47.5 Å². The molecule has 0 unspecified atom stereocenters. The predicted octanol–water partition coefficient (Wildman–Crippen LogP) is 3.19. The number of aromatic nitrogens is 1. The molecule has 2 heterocycles. The zero-order chi connectivity index (χ0) is 16.8. The Balaban J connectivity index is 1.54. The van der Waals surface area contributed by atoms with E-state index in [0.717, 1.165) is 30.9 Å². The first-order valence-electron chi connectivity index (χ1n) is 8.78. The SMILES string of the molecule is CC[C@H]1CN(C)CCN1Cc1ccc(OCc2cccnc2)cc1. The van der Waals surface area contributed by atoms with Crippen LogP contribution in [-0.2, 0) is 13.2 Å². The Labute approximate surface area is 145 Å². The molecule has 4 nitrogen and oxygen atoms in total. The van der Waals surface area contributed by atoms with E-state index >= 15 is 0 Å². The van der Waals surface area contributed by atoms with Gasteiger partial charge in [-0.15, -0.1) is 0 Å². The minimum Gasteiger partial charge on any atom is -0.489 e. The highest BCUT2D eigenvalue weighted by atomic mass is 16.5. The second kappa shape index (κ2) is 8.27. The highest BCUT2D eigenvalue weighted by Gasteiger charge is 2.23.